The Bertz CT molecular complexity index is 577. The van der Waals surface area contributed by atoms with Gasteiger partial charge in [0.1, 0.15) is 0 Å². The van der Waals surface area contributed by atoms with Gasteiger partial charge >= 0.3 is 0 Å². The summed E-state index contributed by atoms with van der Waals surface area (Å²) in [5.41, 5.74) is 3.34. The first-order valence-electron chi connectivity index (χ1n) is 8.56. The molecule has 112 valence electrons. The smallest absolute Gasteiger partial charge is 0.225 e. The normalized spacial score (nSPS) is 34.5. The molecule has 1 saturated carbocycles. The Morgan fingerprint density at radius 3 is 2.81 bits per heavy atom. The minimum Gasteiger partial charge on any atom is -0.339 e. The molecular formula is C19H25NO. The summed E-state index contributed by atoms with van der Waals surface area (Å²) < 4.78 is 0. The highest BCUT2D eigenvalue weighted by Gasteiger charge is 2.52. The zero-order valence-electron chi connectivity index (χ0n) is 13.1. The van der Waals surface area contributed by atoms with E-state index in [4.69, 9.17) is 0 Å². The van der Waals surface area contributed by atoms with Gasteiger partial charge in [0.25, 0.3) is 0 Å². The molecule has 2 heteroatoms. The number of likely N-dealkylation sites (tertiary alicyclic amines) is 1. The fourth-order valence-corrected chi connectivity index (χ4v) is 4.96. The lowest BCUT2D eigenvalue weighted by Crippen LogP contribution is -2.60. The summed E-state index contributed by atoms with van der Waals surface area (Å²) >= 11 is 0. The molecule has 1 aromatic carbocycles. The summed E-state index contributed by atoms with van der Waals surface area (Å²) in [4.78, 5) is 14.9. The Morgan fingerprint density at radius 2 is 2.10 bits per heavy atom. The van der Waals surface area contributed by atoms with Crippen molar-refractivity contribution in [2.75, 3.05) is 6.54 Å². The van der Waals surface area contributed by atoms with E-state index in [1.807, 2.05) is 0 Å². The van der Waals surface area contributed by atoms with Crippen LogP contribution in [0.15, 0.2) is 24.3 Å². The van der Waals surface area contributed by atoms with Crippen LogP contribution in [0.2, 0.25) is 0 Å². The van der Waals surface area contributed by atoms with Crippen LogP contribution in [0, 0.1) is 11.8 Å². The van der Waals surface area contributed by atoms with E-state index in [9.17, 15) is 4.79 Å². The fraction of sp³-hybridized carbons (Fsp3) is 0.632. The highest BCUT2D eigenvalue weighted by molar-refractivity contribution is 5.81. The average Bonchev–Trinajstić information content (AvgIpc) is 3.32. The molecule has 0 N–H and O–H groups in total. The van der Waals surface area contributed by atoms with Gasteiger partial charge < -0.3 is 4.90 Å². The number of carbonyl (C=O) groups excluding carboxylic acids is 1. The molecule has 0 aromatic heterocycles. The standard InChI is InChI=1S/C19H25NO/c1-3-19-10-11-20(18(21)14-8-9-14)17(13(19)2)12-15-6-4-5-7-16(15)19/h4-7,13-14,17H,3,8-12H2,1-2H3/t13-,17-,19-/m1/s1. The maximum absolute atomic E-state index is 12.6. The first-order valence-corrected chi connectivity index (χ1v) is 8.56. The van der Waals surface area contributed by atoms with E-state index in [0.29, 0.717) is 29.2 Å². The minimum absolute atomic E-state index is 0.292. The number of hydrogen-bond donors (Lipinski definition) is 0. The summed E-state index contributed by atoms with van der Waals surface area (Å²) in [6.45, 7) is 5.68. The zero-order valence-corrected chi connectivity index (χ0v) is 13.1. The molecule has 2 nitrogen and oxygen atoms in total. The summed E-state index contributed by atoms with van der Waals surface area (Å²) in [5.74, 6) is 1.37. The van der Waals surface area contributed by atoms with Crippen molar-refractivity contribution in [3.05, 3.63) is 35.4 Å². The number of carbonyl (C=O) groups is 1. The SMILES string of the molecule is CC[C@]12CCN(C(=O)C3CC3)[C@H](Cc3ccccc31)[C@H]2C. The number of hydrogen-bond acceptors (Lipinski definition) is 1. The monoisotopic (exact) mass is 283 g/mol. The van der Waals surface area contributed by atoms with Gasteiger partial charge in [-0.3, -0.25) is 4.79 Å². The number of rotatable bonds is 2. The molecule has 3 aliphatic rings. The van der Waals surface area contributed by atoms with Crippen LogP contribution in [0.1, 0.15) is 50.7 Å². The molecule has 1 saturated heterocycles. The fourth-order valence-electron chi connectivity index (χ4n) is 4.96. The van der Waals surface area contributed by atoms with E-state index >= 15 is 0 Å². The Morgan fingerprint density at radius 1 is 1.33 bits per heavy atom. The van der Waals surface area contributed by atoms with Gasteiger partial charge in [-0.05, 0) is 49.1 Å². The van der Waals surface area contributed by atoms with Crippen molar-refractivity contribution in [2.24, 2.45) is 11.8 Å². The van der Waals surface area contributed by atoms with Crippen LogP contribution in [0.25, 0.3) is 0 Å². The molecule has 1 aromatic rings. The maximum Gasteiger partial charge on any atom is 0.225 e. The van der Waals surface area contributed by atoms with Crippen LogP contribution < -0.4 is 0 Å². The van der Waals surface area contributed by atoms with Crippen LogP contribution in [-0.4, -0.2) is 23.4 Å². The van der Waals surface area contributed by atoms with Crippen molar-refractivity contribution in [1.82, 2.24) is 4.90 Å². The highest BCUT2D eigenvalue weighted by atomic mass is 16.2. The van der Waals surface area contributed by atoms with Gasteiger partial charge in [-0.1, -0.05) is 38.1 Å². The second-order valence-electron chi connectivity index (χ2n) is 7.28. The largest absolute Gasteiger partial charge is 0.339 e. The van der Waals surface area contributed by atoms with Gasteiger partial charge in [0, 0.05) is 23.9 Å². The van der Waals surface area contributed by atoms with Crippen LogP contribution in [0.5, 0.6) is 0 Å². The lowest BCUT2D eigenvalue weighted by Gasteiger charge is -2.56. The first kappa shape index (κ1) is 13.4. The van der Waals surface area contributed by atoms with Gasteiger partial charge in [-0.25, -0.2) is 0 Å². The van der Waals surface area contributed by atoms with Crippen LogP contribution in [0.4, 0.5) is 0 Å². The topological polar surface area (TPSA) is 20.3 Å². The number of nitrogens with zero attached hydrogens (tertiary/aromatic N) is 1. The third kappa shape index (κ3) is 1.81. The predicted octanol–water partition coefficient (Wildman–Crippen LogP) is 3.54. The highest BCUT2D eigenvalue weighted by Crippen LogP contribution is 2.51. The number of benzene rings is 1. The van der Waals surface area contributed by atoms with E-state index in [1.54, 1.807) is 5.56 Å². The van der Waals surface area contributed by atoms with Crippen molar-refractivity contribution in [3.8, 4) is 0 Å². The van der Waals surface area contributed by atoms with E-state index in [-0.39, 0.29) is 0 Å². The molecular weight excluding hydrogens is 258 g/mol. The molecule has 2 fully saturated rings. The summed E-state index contributed by atoms with van der Waals surface area (Å²) in [6.07, 6.45) is 5.61. The van der Waals surface area contributed by atoms with Gasteiger partial charge in [0.2, 0.25) is 5.91 Å². The molecule has 1 heterocycles. The van der Waals surface area contributed by atoms with E-state index in [1.165, 1.54) is 12.0 Å². The van der Waals surface area contributed by atoms with Gasteiger partial charge in [-0.2, -0.15) is 0 Å². The lowest BCUT2D eigenvalue weighted by atomic mass is 9.57. The minimum atomic E-state index is 0.292. The average molecular weight is 283 g/mol. The van der Waals surface area contributed by atoms with Crippen molar-refractivity contribution in [3.63, 3.8) is 0 Å². The molecule has 21 heavy (non-hydrogen) atoms. The van der Waals surface area contributed by atoms with Gasteiger partial charge in [0.15, 0.2) is 0 Å². The van der Waals surface area contributed by atoms with Crippen molar-refractivity contribution >= 4 is 5.91 Å². The van der Waals surface area contributed by atoms with Crippen molar-refractivity contribution in [1.29, 1.82) is 0 Å². The molecule has 0 unspecified atom stereocenters. The molecule has 1 aliphatic heterocycles. The molecule has 4 rings (SSSR count). The summed E-state index contributed by atoms with van der Waals surface area (Å²) in [5, 5.41) is 0. The second-order valence-corrected chi connectivity index (χ2v) is 7.28. The van der Waals surface area contributed by atoms with Crippen molar-refractivity contribution < 1.29 is 4.79 Å². The van der Waals surface area contributed by atoms with E-state index < -0.39 is 0 Å². The van der Waals surface area contributed by atoms with Gasteiger partial charge in [-0.15, -0.1) is 0 Å². The third-order valence-electron chi connectivity index (χ3n) is 6.47. The van der Waals surface area contributed by atoms with Gasteiger partial charge in [0.05, 0.1) is 0 Å². The zero-order chi connectivity index (χ0) is 14.6. The Hall–Kier alpha value is -1.31. The number of piperidine rings is 1. The maximum atomic E-state index is 12.6. The van der Waals surface area contributed by atoms with Crippen LogP contribution >= 0.6 is 0 Å². The Kier molecular flexibility index (Phi) is 2.92. The number of amides is 1. The van der Waals surface area contributed by atoms with E-state index in [2.05, 4.69) is 43.0 Å². The summed E-state index contributed by atoms with van der Waals surface area (Å²) in [7, 11) is 0. The third-order valence-corrected chi connectivity index (χ3v) is 6.47. The Balaban J connectivity index is 1.76. The first-order chi connectivity index (χ1) is 10.2. The van der Waals surface area contributed by atoms with E-state index in [0.717, 1.165) is 32.2 Å². The van der Waals surface area contributed by atoms with Crippen LogP contribution in [0.3, 0.4) is 0 Å². The quantitative estimate of drug-likeness (QED) is 0.813. The van der Waals surface area contributed by atoms with Crippen LogP contribution in [-0.2, 0) is 16.6 Å². The number of fused-ring (bicyclic) bond motifs is 4. The molecule has 2 aliphatic carbocycles. The lowest BCUT2D eigenvalue weighted by molar-refractivity contribution is -0.140. The summed E-state index contributed by atoms with van der Waals surface area (Å²) in [6, 6.07) is 9.38. The molecule has 0 radical (unpaired) electrons. The second kappa shape index (κ2) is 4.59. The molecule has 3 atom stereocenters. The predicted molar refractivity (Wildman–Crippen MR) is 84.1 cm³/mol. The molecule has 2 bridgehead atoms. The molecule has 0 spiro atoms. The Labute approximate surface area is 127 Å². The van der Waals surface area contributed by atoms with Crippen molar-refractivity contribution in [2.45, 2.75) is 57.4 Å². The molecule has 1 amide bonds.